The van der Waals surface area contributed by atoms with Gasteiger partial charge in [-0.25, -0.2) is 0 Å². The number of carbonyl (C=O) groups excluding carboxylic acids is 2. The highest BCUT2D eigenvalue weighted by atomic mass is 16.5. The fraction of sp³-hybridized carbons (Fsp3) is 0.556. The summed E-state index contributed by atoms with van der Waals surface area (Å²) in [6.45, 7) is 5.21. The molecule has 142 valence electrons. The summed E-state index contributed by atoms with van der Waals surface area (Å²) in [5, 5.41) is 6.10. The van der Waals surface area contributed by atoms with E-state index in [1.807, 2.05) is 6.92 Å². The Morgan fingerprint density at radius 2 is 2.12 bits per heavy atom. The molecule has 0 aliphatic carbocycles. The number of rotatable bonds is 6. The van der Waals surface area contributed by atoms with Crippen LogP contribution in [0.15, 0.2) is 29.5 Å². The molecule has 1 aliphatic rings. The van der Waals surface area contributed by atoms with E-state index in [9.17, 15) is 9.59 Å². The van der Waals surface area contributed by atoms with Gasteiger partial charge < -0.3 is 20.3 Å². The number of ether oxygens (including phenoxy) is 1. The highest BCUT2D eigenvalue weighted by molar-refractivity contribution is 5.93. The predicted octanol–water partition coefficient (Wildman–Crippen LogP) is 0.662. The number of esters is 1. The van der Waals surface area contributed by atoms with E-state index < -0.39 is 0 Å². The zero-order valence-corrected chi connectivity index (χ0v) is 15.4. The minimum Gasteiger partial charge on any atom is -0.469 e. The molecule has 0 aromatic carbocycles. The van der Waals surface area contributed by atoms with Gasteiger partial charge in [0.05, 0.1) is 25.1 Å². The Morgan fingerprint density at radius 3 is 2.73 bits per heavy atom. The number of methoxy groups -OCH3 is 1. The fourth-order valence-corrected chi connectivity index (χ4v) is 2.85. The van der Waals surface area contributed by atoms with E-state index in [1.54, 1.807) is 18.3 Å². The van der Waals surface area contributed by atoms with Crippen molar-refractivity contribution in [2.75, 3.05) is 39.8 Å². The van der Waals surface area contributed by atoms with Gasteiger partial charge >= 0.3 is 5.97 Å². The normalized spacial score (nSPS) is 15.5. The molecule has 1 saturated heterocycles. The lowest BCUT2D eigenvalue weighted by Crippen LogP contribution is -2.47. The zero-order chi connectivity index (χ0) is 18.8. The second kappa shape index (κ2) is 10.4. The van der Waals surface area contributed by atoms with Crippen LogP contribution in [-0.4, -0.2) is 67.6 Å². The first-order valence-electron chi connectivity index (χ1n) is 8.95. The Bertz CT molecular complexity index is 613. The maximum Gasteiger partial charge on any atom is 0.308 e. The Morgan fingerprint density at radius 1 is 1.35 bits per heavy atom. The van der Waals surface area contributed by atoms with Crippen molar-refractivity contribution >= 4 is 17.8 Å². The molecule has 0 spiro atoms. The summed E-state index contributed by atoms with van der Waals surface area (Å²) in [4.78, 5) is 34.3. The lowest BCUT2D eigenvalue weighted by molar-refractivity contribution is -0.146. The predicted molar refractivity (Wildman–Crippen MR) is 98.9 cm³/mol. The van der Waals surface area contributed by atoms with Gasteiger partial charge in [0.1, 0.15) is 0 Å². The SMILES string of the molecule is CCNC(=NCCNC(=O)c1cccnc1)N1CCC(C(=O)OC)CC1. The van der Waals surface area contributed by atoms with E-state index in [0.29, 0.717) is 18.7 Å². The van der Waals surface area contributed by atoms with E-state index in [1.165, 1.54) is 13.3 Å². The molecule has 1 amide bonds. The van der Waals surface area contributed by atoms with E-state index >= 15 is 0 Å². The summed E-state index contributed by atoms with van der Waals surface area (Å²) in [5.41, 5.74) is 0.535. The molecule has 1 fully saturated rings. The number of hydrogen-bond donors (Lipinski definition) is 2. The van der Waals surface area contributed by atoms with Gasteiger partial charge in [-0.3, -0.25) is 19.6 Å². The topological polar surface area (TPSA) is 95.9 Å². The van der Waals surface area contributed by atoms with Gasteiger partial charge in [-0.05, 0) is 31.9 Å². The summed E-state index contributed by atoms with van der Waals surface area (Å²) in [5.74, 6) is 0.492. The highest BCUT2D eigenvalue weighted by Gasteiger charge is 2.26. The summed E-state index contributed by atoms with van der Waals surface area (Å²) in [7, 11) is 1.43. The Kier molecular flexibility index (Phi) is 7.85. The van der Waals surface area contributed by atoms with Crippen molar-refractivity contribution in [1.82, 2.24) is 20.5 Å². The standard InChI is InChI=1S/C18H27N5O3/c1-3-20-18(23-11-6-14(7-12-23)17(25)26-2)22-10-9-21-16(24)15-5-4-8-19-13-15/h4-5,8,13-14H,3,6-7,9-12H2,1-2H3,(H,20,22)(H,21,24). The molecule has 1 aliphatic heterocycles. The summed E-state index contributed by atoms with van der Waals surface area (Å²) in [6, 6.07) is 3.45. The molecule has 0 radical (unpaired) electrons. The maximum atomic E-state index is 12.0. The molecular formula is C18H27N5O3. The molecule has 1 aromatic rings. The molecule has 2 N–H and O–H groups in total. The largest absolute Gasteiger partial charge is 0.469 e. The van der Waals surface area contributed by atoms with Crippen molar-refractivity contribution in [3.8, 4) is 0 Å². The van der Waals surface area contributed by atoms with Gasteiger partial charge in [0.2, 0.25) is 0 Å². The first kappa shape index (κ1) is 19.7. The van der Waals surface area contributed by atoms with Gasteiger partial charge in [0.15, 0.2) is 5.96 Å². The van der Waals surface area contributed by atoms with Crippen molar-refractivity contribution in [2.45, 2.75) is 19.8 Å². The van der Waals surface area contributed by atoms with Crippen LogP contribution in [0.2, 0.25) is 0 Å². The zero-order valence-electron chi connectivity index (χ0n) is 15.4. The summed E-state index contributed by atoms with van der Waals surface area (Å²) >= 11 is 0. The molecular weight excluding hydrogens is 334 g/mol. The van der Waals surface area contributed by atoms with E-state index in [0.717, 1.165) is 38.4 Å². The smallest absolute Gasteiger partial charge is 0.308 e. The third-order valence-corrected chi connectivity index (χ3v) is 4.25. The number of piperidine rings is 1. The van der Waals surface area contributed by atoms with Gasteiger partial charge in [-0.15, -0.1) is 0 Å². The number of nitrogens with zero attached hydrogens (tertiary/aromatic N) is 3. The van der Waals surface area contributed by atoms with Crippen molar-refractivity contribution in [3.05, 3.63) is 30.1 Å². The van der Waals surface area contributed by atoms with Gasteiger partial charge in [-0.2, -0.15) is 0 Å². The summed E-state index contributed by atoms with van der Waals surface area (Å²) in [6.07, 6.45) is 4.69. The van der Waals surface area contributed by atoms with Crippen molar-refractivity contribution in [2.24, 2.45) is 10.9 Å². The Labute approximate surface area is 154 Å². The number of aliphatic imine (C=N–C) groups is 1. The van der Waals surface area contributed by atoms with Crippen LogP contribution in [0.25, 0.3) is 0 Å². The van der Waals surface area contributed by atoms with Crippen LogP contribution in [0.4, 0.5) is 0 Å². The van der Waals surface area contributed by atoms with E-state index in [4.69, 9.17) is 4.74 Å². The Balaban J connectivity index is 1.81. The molecule has 0 saturated carbocycles. The Hall–Kier alpha value is -2.64. The third kappa shape index (κ3) is 5.72. The lowest BCUT2D eigenvalue weighted by Gasteiger charge is -2.33. The lowest BCUT2D eigenvalue weighted by atomic mass is 9.97. The third-order valence-electron chi connectivity index (χ3n) is 4.25. The second-order valence-electron chi connectivity index (χ2n) is 6.02. The average Bonchev–Trinajstić information content (AvgIpc) is 2.70. The van der Waals surface area contributed by atoms with Gasteiger partial charge in [-0.1, -0.05) is 0 Å². The second-order valence-corrected chi connectivity index (χ2v) is 6.02. The van der Waals surface area contributed by atoms with Gasteiger partial charge in [0, 0.05) is 38.6 Å². The van der Waals surface area contributed by atoms with E-state index in [2.05, 4.69) is 25.5 Å². The minimum atomic E-state index is -0.155. The molecule has 1 aromatic heterocycles. The van der Waals surface area contributed by atoms with Crippen LogP contribution in [0.1, 0.15) is 30.1 Å². The van der Waals surface area contributed by atoms with Crippen molar-refractivity contribution in [1.29, 1.82) is 0 Å². The molecule has 26 heavy (non-hydrogen) atoms. The number of pyridine rings is 1. The average molecular weight is 361 g/mol. The number of amides is 1. The number of aromatic nitrogens is 1. The number of guanidine groups is 1. The fourth-order valence-electron chi connectivity index (χ4n) is 2.85. The van der Waals surface area contributed by atoms with Crippen LogP contribution in [0, 0.1) is 5.92 Å². The molecule has 2 heterocycles. The minimum absolute atomic E-state index is 0.0297. The highest BCUT2D eigenvalue weighted by Crippen LogP contribution is 2.18. The number of carbonyl (C=O) groups is 2. The number of likely N-dealkylation sites (tertiary alicyclic amines) is 1. The van der Waals surface area contributed by atoms with E-state index in [-0.39, 0.29) is 17.8 Å². The quantitative estimate of drug-likeness (QED) is 0.334. The molecule has 2 rings (SSSR count). The molecule has 0 atom stereocenters. The molecule has 0 unspecified atom stereocenters. The van der Waals surface area contributed by atoms with Crippen molar-refractivity contribution in [3.63, 3.8) is 0 Å². The summed E-state index contributed by atoms with van der Waals surface area (Å²) < 4.78 is 4.82. The first-order chi connectivity index (χ1) is 12.7. The van der Waals surface area contributed by atoms with Crippen LogP contribution in [-0.2, 0) is 9.53 Å². The molecule has 8 heteroatoms. The monoisotopic (exact) mass is 361 g/mol. The number of nitrogens with one attached hydrogen (secondary N) is 2. The maximum absolute atomic E-state index is 12.0. The van der Waals surface area contributed by atoms with Gasteiger partial charge in [0.25, 0.3) is 5.91 Å². The van der Waals surface area contributed by atoms with Crippen LogP contribution in [0.5, 0.6) is 0 Å². The van der Waals surface area contributed by atoms with Crippen molar-refractivity contribution < 1.29 is 14.3 Å². The molecule has 0 bridgehead atoms. The number of hydrogen-bond acceptors (Lipinski definition) is 5. The van der Waals surface area contributed by atoms with Crippen LogP contribution in [0.3, 0.4) is 0 Å². The van der Waals surface area contributed by atoms with Crippen LogP contribution < -0.4 is 10.6 Å². The molecule has 8 nitrogen and oxygen atoms in total. The first-order valence-corrected chi connectivity index (χ1v) is 8.95. The van der Waals surface area contributed by atoms with Crippen LogP contribution >= 0.6 is 0 Å².